The summed E-state index contributed by atoms with van der Waals surface area (Å²) >= 11 is 0. The van der Waals surface area contributed by atoms with Gasteiger partial charge in [-0.15, -0.1) is 24.8 Å². The predicted molar refractivity (Wildman–Crippen MR) is 100 cm³/mol. The molecule has 4 rings (SSSR count). The van der Waals surface area contributed by atoms with E-state index in [4.69, 9.17) is 10.2 Å². The minimum atomic E-state index is 0. The van der Waals surface area contributed by atoms with Crippen LogP contribution in [0, 0.1) is 6.92 Å². The standard InChI is InChI=1S/C17H16N4O.2ClH/c1-11-7-8-21-10-13(19-15(21)9-11)6-5-12-3-2-4-14-16(12)20-17(18)22-14;;/h2-4,7-10H,5-6H2,1H3,(H2,18,20);2*1H. The maximum Gasteiger partial charge on any atom is 0.292 e. The zero-order valence-electron chi connectivity index (χ0n) is 13.1. The summed E-state index contributed by atoms with van der Waals surface area (Å²) in [7, 11) is 0. The van der Waals surface area contributed by atoms with Crippen molar-refractivity contribution >= 4 is 47.6 Å². The van der Waals surface area contributed by atoms with Crippen LogP contribution in [0.1, 0.15) is 16.8 Å². The van der Waals surface area contributed by atoms with Gasteiger partial charge in [0.1, 0.15) is 11.2 Å². The second kappa shape index (κ2) is 7.11. The molecule has 0 unspecified atom stereocenters. The molecule has 0 saturated carbocycles. The van der Waals surface area contributed by atoms with Gasteiger partial charge < -0.3 is 14.6 Å². The second-order valence-electron chi connectivity index (χ2n) is 5.52. The van der Waals surface area contributed by atoms with E-state index < -0.39 is 0 Å². The van der Waals surface area contributed by atoms with Crippen LogP contribution in [0.25, 0.3) is 16.7 Å². The van der Waals surface area contributed by atoms with Crippen molar-refractivity contribution in [3.63, 3.8) is 0 Å². The number of pyridine rings is 1. The first-order chi connectivity index (χ1) is 10.7. The van der Waals surface area contributed by atoms with Crippen molar-refractivity contribution in [1.82, 2.24) is 14.4 Å². The van der Waals surface area contributed by atoms with Crippen molar-refractivity contribution in [1.29, 1.82) is 0 Å². The number of rotatable bonds is 3. The Bertz CT molecular complexity index is 977. The minimum Gasteiger partial charge on any atom is -0.424 e. The molecule has 0 bridgehead atoms. The van der Waals surface area contributed by atoms with Crippen LogP contribution in [0.5, 0.6) is 0 Å². The van der Waals surface area contributed by atoms with E-state index in [0.29, 0.717) is 0 Å². The lowest BCUT2D eigenvalue weighted by Crippen LogP contribution is -1.93. The molecule has 4 aromatic rings. The van der Waals surface area contributed by atoms with Crippen molar-refractivity contribution in [3.05, 3.63) is 59.5 Å². The number of nitrogen functional groups attached to an aromatic ring is 1. The van der Waals surface area contributed by atoms with Crippen LogP contribution >= 0.6 is 24.8 Å². The number of hydrogen-bond acceptors (Lipinski definition) is 4. The third-order valence-corrected chi connectivity index (χ3v) is 3.84. The lowest BCUT2D eigenvalue weighted by Gasteiger charge is -1.99. The van der Waals surface area contributed by atoms with Crippen LogP contribution in [0.4, 0.5) is 6.01 Å². The fourth-order valence-corrected chi connectivity index (χ4v) is 2.74. The first-order valence-corrected chi connectivity index (χ1v) is 7.27. The summed E-state index contributed by atoms with van der Waals surface area (Å²) in [4.78, 5) is 8.93. The molecule has 0 aliphatic carbocycles. The largest absolute Gasteiger partial charge is 0.424 e. The normalized spacial score (nSPS) is 10.5. The first kappa shape index (κ1) is 18.1. The summed E-state index contributed by atoms with van der Waals surface area (Å²) in [6, 6.07) is 10.3. The summed E-state index contributed by atoms with van der Waals surface area (Å²) in [5.74, 6) is 0. The molecule has 0 aliphatic rings. The van der Waals surface area contributed by atoms with Gasteiger partial charge in [0.15, 0.2) is 5.58 Å². The third-order valence-electron chi connectivity index (χ3n) is 3.84. The van der Waals surface area contributed by atoms with Gasteiger partial charge in [-0.25, -0.2) is 4.98 Å². The van der Waals surface area contributed by atoms with E-state index in [1.54, 1.807) is 0 Å². The topological polar surface area (TPSA) is 69.3 Å². The Morgan fingerprint density at radius 1 is 1.12 bits per heavy atom. The monoisotopic (exact) mass is 364 g/mol. The Labute approximate surface area is 151 Å². The lowest BCUT2D eigenvalue weighted by molar-refractivity contribution is 0.626. The maximum atomic E-state index is 5.64. The number of aromatic nitrogens is 3. The van der Waals surface area contributed by atoms with Gasteiger partial charge in [0.05, 0.1) is 5.69 Å². The molecule has 1 aromatic carbocycles. The molecule has 0 spiro atoms. The van der Waals surface area contributed by atoms with Crippen LogP contribution < -0.4 is 5.73 Å². The van der Waals surface area contributed by atoms with E-state index in [2.05, 4.69) is 45.7 Å². The number of aryl methyl sites for hydroxylation is 3. The van der Waals surface area contributed by atoms with E-state index >= 15 is 0 Å². The third kappa shape index (κ3) is 3.32. The molecule has 0 atom stereocenters. The molecule has 24 heavy (non-hydrogen) atoms. The number of para-hydroxylation sites is 1. The molecule has 0 amide bonds. The lowest BCUT2D eigenvalue weighted by atomic mass is 10.1. The first-order valence-electron chi connectivity index (χ1n) is 7.27. The highest BCUT2D eigenvalue weighted by molar-refractivity contribution is 5.85. The Hall–Kier alpha value is -2.24. The van der Waals surface area contributed by atoms with Crippen molar-refractivity contribution in [2.75, 3.05) is 5.73 Å². The van der Waals surface area contributed by atoms with Gasteiger partial charge in [-0.1, -0.05) is 12.1 Å². The molecule has 0 fully saturated rings. The van der Waals surface area contributed by atoms with Crippen LogP contribution in [0.3, 0.4) is 0 Å². The van der Waals surface area contributed by atoms with Crippen LogP contribution in [-0.2, 0) is 12.8 Å². The van der Waals surface area contributed by atoms with Gasteiger partial charge in [-0.3, -0.25) is 0 Å². The molecule has 3 heterocycles. The van der Waals surface area contributed by atoms with Crippen molar-refractivity contribution < 1.29 is 4.42 Å². The highest BCUT2D eigenvalue weighted by atomic mass is 35.5. The van der Waals surface area contributed by atoms with Gasteiger partial charge in [0, 0.05) is 12.4 Å². The minimum absolute atomic E-state index is 0. The van der Waals surface area contributed by atoms with Crippen molar-refractivity contribution in [2.45, 2.75) is 19.8 Å². The van der Waals surface area contributed by atoms with Gasteiger partial charge in [-0.2, -0.15) is 4.98 Å². The highest BCUT2D eigenvalue weighted by Gasteiger charge is 2.09. The number of nitrogens with zero attached hydrogens (tertiary/aromatic N) is 3. The zero-order chi connectivity index (χ0) is 15.1. The van der Waals surface area contributed by atoms with Crippen molar-refractivity contribution in [3.8, 4) is 0 Å². The average molecular weight is 365 g/mol. The number of halogens is 2. The molecule has 126 valence electrons. The number of imidazole rings is 1. The molecule has 7 heteroatoms. The molecule has 0 aliphatic heterocycles. The highest BCUT2D eigenvalue weighted by Crippen LogP contribution is 2.22. The number of fused-ring (bicyclic) bond motifs is 2. The van der Waals surface area contributed by atoms with E-state index in [1.165, 1.54) is 5.56 Å². The van der Waals surface area contributed by atoms with E-state index in [-0.39, 0.29) is 30.8 Å². The fourth-order valence-electron chi connectivity index (χ4n) is 2.74. The maximum absolute atomic E-state index is 5.64. The predicted octanol–water partition coefficient (Wildman–Crippen LogP) is 3.99. The summed E-state index contributed by atoms with van der Waals surface area (Å²) in [6.45, 7) is 2.07. The van der Waals surface area contributed by atoms with Crippen molar-refractivity contribution in [2.24, 2.45) is 0 Å². The molecular weight excluding hydrogens is 347 g/mol. The molecule has 3 aromatic heterocycles. The number of hydrogen-bond donors (Lipinski definition) is 1. The van der Waals surface area contributed by atoms with Crippen LogP contribution in [0.2, 0.25) is 0 Å². The van der Waals surface area contributed by atoms with Gasteiger partial charge in [0.25, 0.3) is 6.01 Å². The molecule has 2 N–H and O–H groups in total. The number of oxazole rings is 1. The fraction of sp³-hybridized carbons (Fsp3) is 0.176. The molecule has 0 saturated heterocycles. The average Bonchev–Trinajstić information content (AvgIpc) is 3.06. The Morgan fingerprint density at radius 3 is 2.79 bits per heavy atom. The Balaban J connectivity index is 0.00000104. The quantitative estimate of drug-likeness (QED) is 0.596. The zero-order valence-corrected chi connectivity index (χ0v) is 14.7. The number of nitrogens with two attached hydrogens (primary N) is 1. The number of anilines is 1. The van der Waals surface area contributed by atoms with E-state index in [1.807, 2.05) is 18.3 Å². The van der Waals surface area contributed by atoms with Crippen LogP contribution in [0.15, 0.2) is 47.1 Å². The van der Waals surface area contributed by atoms with Gasteiger partial charge >= 0.3 is 0 Å². The molecule has 0 radical (unpaired) electrons. The summed E-state index contributed by atoms with van der Waals surface area (Å²) in [5, 5.41) is 0. The van der Waals surface area contributed by atoms with Gasteiger partial charge in [0.2, 0.25) is 0 Å². The van der Waals surface area contributed by atoms with Crippen LogP contribution in [-0.4, -0.2) is 14.4 Å². The Morgan fingerprint density at radius 2 is 1.96 bits per heavy atom. The number of benzene rings is 1. The Kier molecular flexibility index (Phi) is 5.36. The molecular formula is C17H18Cl2N4O. The SMILES string of the molecule is Cc1ccn2cc(CCc3cccc4oc(N)nc34)nc2c1.Cl.Cl. The summed E-state index contributed by atoms with van der Waals surface area (Å²) in [6.07, 6.45) is 5.82. The summed E-state index contributed by atoms with van der Waals surface area (Å²) in [5.41, 5.74) is 11.6. The summed E-state index contributed by atoms with van der Waals surface area (Å²) < 4.78 is 7.42. The van der Waals surface area contributed by atoms with E-state index in [9.17, 15) is 0 Å². The van der Waals surface area contributed by atoms with Gasteiger partial charge in [-0.05, 0) is 49.1 Å². The molecule has 5 nitrogen and oxygen atoms in total. The smallest absolute Gasteiger partial charge is 0.292 e. The second-order valence-corrected chi connectivity index (χ2v) is 5.52. The van der Waals surface area contributed by atoms with E-state index in [0.717, 1.165) is 40.8 Å².